The summed E-state index contributed by atoms with van der Waals surface area (Å²) in [6.45, 7) is 6.97. The van der Waals surface area contributed by atoms with Crippen molar-refractivity contribution in [3.05, 3.63) is 18.2 Å². The molecular formula is C18H28N4O3. The van der Waals surface area contributed by atoms with Gasteiger partial charge in [0.25, 0.3) is 0 Å². The number of hydrogen-bond donors (Lipinski definition) is 2. The van der Waals surface area contributed by atoms with E-state index in [2.05, 4.69) is 27.4 Å². The van der Waals surface area contributed by atoms with Crippen molar-refractivity contribution in [1.29, 1.82) is 0 Å². The van der Waals surface area contributed by atoms with Crippen molar-refractivity contribution < 1.29 is 14.2 Å². The molecule has 138 valence electrons. The summed E-state index contributed by atoms with van der Waals surface area (Å²) >= 11 is 0. The number of ether oxygens (including phenoxy) is 3. The van der Waals surface area contributed by atoms with Gasteiger partial charge in [-0.3, -0.25) is 9.89 Å². The van der Waals surface area contributed by atoms with Crippen molar-refractivity contribution in [2.45, 2.75) is 25.8 Å². The Morgan fingerprint density at radius 1 is 1.32 bits per heavy atom. The first-order valence-corrected chi connectivity index (χ1v) is 9.01. The number of benzene rings is 1. The average molecular weight is 348 g/mol. The van der Waals surface area contributed by atoms with E-state index in [-0.39, 0.29) is 6.79 Å². The molecule has 7 heteroatoms. The first kappa shape index (κ1) is 17.7. The molecule has 1 aromatic rings. The largest absolute Gasteiger partial charge is 0.492 e. The molecule has 0 saturated carbocycles. The topological polar surface area (TPSA) is 67.4 Å². The van der Waals surface area contributed by atoms with Crippen LogP contribution >= 0.6 is 0 Å². The normalized spacial score (nSPS) is 19.9. The van der Waals surface area contributed by atoms with Gasteiger partial charge in [-0.2, -0.15) is 0 Å². The minimum Gasteiger partial charge on any atom is -0.492 e. The van der Waals surface area contributed by atoms with E-state index in [1.165, 1.54) is 19.4 Å². The predicted molar refractivity (Wildman–Crippen MR) is 97.7 cm³/mol. The highest BCUT2D eigenvalue weighted by Gasteiger charge is 2.22. The summed E-state index contributed by atoms with van der Waals surface area (Å²) in [6.07, 6.45) is 2.54. The van der Waals surface area contributed by atoms with Crippen LogP contribution in [-0.2, 0) is 0 Å². The number of hydrogen-bond acceptors (Lipinski definition) is 5. The van der Waals surface area contributed by atoms with Gasteiger partial charge in [0.1, 0.15) is 12.4 Å². The van der Waals surface area contributed by atoms with Crippen LogP contribution in [0.3, 0.4) is 0 Å². The summed E-state index contributed by atoms with van der Waals surface area (Å²) in [5.41, 5.74) is 0. The molecule has 0 aliphatic carbocycles. The smallest absolute Gasteiger partial charge is 0.231 e. The maximum atomic E-state index is 5.75. The number of fused-ring (bicyclic) bond motifs is 1. The lowest BCUT2D eigenvalue weighted by molar-refractivity contribution is 0.173. The zero-order valence-corrected chi connectivity index (χ0v) is 15.1. The summed E-state index contributed by atoms with van der Waals surface area (Å²) < 4.78 is 16.4. The Labute approximate surface area is 149 Å². The zero-order valence-electron chi connectivity index (χ0n) is 15.1. The fraction of sp³-hybridized carbons (Fsp3) is 0.611. The molecule has 1 atom stereocenters. The second kappa shape index (κ2) is 8.80. The van der Waals surface area contributed by atoms with Gasteiger partial charge in [-0.05, 0) is 38.1 Å². The lowest BCUT2D eigenvalue weighted by Crippen LogP contribution is -2.45. The van der Waals surface area contributed by atoms with Crippen molar-refractivity contribution in [1.82, 2.24) is 15.5 Å². The molecule has 2 aliphatic rings. The Morgan fingerprint density at radius 2 is 2.20 bits per heavy atom. The summed E-state index contributed by atoms with van der Waals surface area (Å²) in [6, 6.07) is 6.22. The third-order valence-electron chi connectivity index (χ3n) is 4.64. The number of rotatable bonds is 7. The summed E-state index contributed by atoms with van der Waals surface area (Å²) in [7, 11) is 1.79. The van der Waals surface area contributed by atoms with E-state index >= 15 is 0 Å². The van der Waals surface area contributed by atoms with E-state index in [1.54, 1.807) is 7.05 Å². The lowest BCUT2D eigenvalue weighted by Gasteiger charge is -2.24. The number of nitrogens with one attached hydrogen (secondary N) is 2. The van der Waals surface area contributed by atoms with Crippen LogP contribution in [0.5, 0.6) is 17.2 Å². The molecule has 1 saturated heterocycles. The molecule has 0 aromatic heterocycles. The average Bonchev–Trinajstić information content (AvgIpc) is 3.29. The number of likely N-dealkylation sites (tertiary alicyclic amines) is 1. The van der Waals surface area contributed by atoms with E-state index < -0.39 is 0 Å². The molecule has 1 unspecified atom stereocenters. The van der Waals surface area contributed by atoms with Crippen molar-refractivity contribution >= 4 is 5.96 Å². The Kier molecular flexibility index (Phi) is 6.22. The molecule has 0 radical (unpaired) electrons. The van der Waals surface area contributed by atoms with Crippen LogP contribution in [0.1, 0.15) is 19.8 Å². The minimum absolute atomic E-state index is 0.277. The van der Waals surface area contributed by atoms with E-state index in [9.17, 15) is 0 Å². The fourth-order valence-corrected chi connectivity index (χ4v) is 3.28. The Balaban J connectivity index is 1.35. The maximum Gasteiger partial charge on any atom is 0.231 e. The number of likely N-dealkylation sites (N-methyl/N-ethyl adjacent to an activating group) is 1. The monoisotopic (exact) mass is 348 g/mol. The third kappa shape index (κ3) is 4.69. The van der Waals surface area contributed by atoms with Gasteiger partial charge >= 0.3 is 0 Å². The molecule has 7 nitrogen and oxygen atoms in total. The highest BCUT2D eigenvalue weighted by atomic mass is 16.7. The van der Waals surface area contributed by atoms with Gasteiger partial charge in [-0.25, -0.2) is 0 Å². The number of aliphatic imine (C=N–C) groups is 1. The molecule has 3 rings (SSSR count). The van der Waals surface area contributed by atoms with Crippen LogP contribution < -0.4 is 24.8 Å². The van der Waals surface area contributed by atoms with Gasteiger partial charge in [0.2, 0.25) is 6.79 Å². The highest BCUT2D eigenvalue weighted by molar-refractivity contribution is 5.79. The van der Waals surface area contributed by atoms with Crippen LogP contribution in [0.4, 0.5) is 0 Å². The van der Waals surface area contributed by atoms with Crippen LogP contribution in [0.15, 0.2) is 23.2 Å². The molecule has 0 spiro atoms. The third-order valence-corrected chi connectivity index (χ3v) is 4.64. The van der Waals surface area contributed by atoms with Crippen molar-refractivity contribution in [2.75, 3.05) is 46.6 Å². The van der Waals surface area contributed by atoms with Gasteiger partial charge in [0.05, 0.1) is 6.54 Å². The first-order chi connectivity index (χ1) is 12.3. The van der Waals surface area contributed by atoms with E-state index in [1.807, 2.05) is 18.2 Å². The molecule has 1 fully saturated rings. The summed E-state index contributed by atoms with van der Waals surface area (Å²) in [4.78, 5) is 6.79. The van der Waals surface area contributed by atoms with Gasteiger partial charge in [-0.1, -0.05) is 6.92 Å². The Hall–Kier alpha value is -2.15. The Bertz CT molecular complexity index is 594. The van der Waals surface area contributed by atoms with Crippen molar-refractivity contribution in [2.24, 2.45) is 4.99 Å². The molecule has 2 aliphatic heterocycles. The summed E-state index contributed by atoms with van der Waals surface area (Å²) in [5, 5.41) is 6.70. The van der Waals surface area contributed by atoms with Crippen LogP contribution in [0.25, 0.3) is 0 Å². The molecule has 2 heterocycles. The number of guanidine groups is 1. The quantitative estimate of drug-likeness (QED) is 0.442. The highest BCUT2D eigenvalue weighted by Crippen LogP contribution is 2.34. The van der Waals surface area contributed by atoms with Crippen molar-refractivity contribution in [3.8, 4) is 17.2 Å². The molecule has 1 aromatic carbocycles. The van der Waals surface area contributed by atoms with Crippen LogP contribution in [-0.4, -0.2) is 63.5 Å². The molecule has 0 amide bonds. The summed E-state index contributed by atoms with van der Waals surface area (Å²) in [5.74, 6) is 3.10. The minimum atomic E-state index is 0.277. The molecule has 25 heavy (non-hydrogen) atoms. The molecule has 0 bridgehead atoms. The number of nitrogens with zero attached hydrogens (tertiary/aromatic N) is 2. The lowest BCUT2D eigenvalue weighted by atomic mass is 10.2. The fourth-order valence-electron chi connectivity index (χ4n) is 3.28. The van der Waals surface area contributed by atoms with Gasteiger partial charge in [0.15, 0.2) is 17.5 Å². The second-order valence-electron chi connectivity index (χ2n) is 6.17. The second-order valence-corrected chi connectivity index (χ2v) is 6.17. The standard InChI is InChI=1S/C18H28N4O3/c1-3-22-9-4-5-14(22)12-21-18(19-2)20-8-10-23-15-6-7-16-17(11-15)25-13-24-16/h6-7,11,14H,3-5,8-10,12-13H2,1-2H3,(H2,19,20,21). The van der Waals surface area contributed by atoms with Gasteiger partial charge in [0, 0.05) is 25.7 Å². The van der Waals surface area contributed by atoms with Crippen molar-refractivity contribution in [3.63, 3.8) is 0 Å². The SMILES string of the molecule is CCN1CCCC1CNC(=NC)NCCOc1ccc2c(c1)OCO2. The zero-order chi connectivity index (χ0) is 17.5. The maximum absolute atomic E-state index is 5.75. The van der Waals surface area contributed by atoms with E-state index in [0.717, 1.165) is 36.3 Å². The van der Waals surface area contributed by atoms with Gasteiger partial charge < -0.3 is 24.8 Å². The Morgan fingerprint density at radius 3 is 3.04 bits per heavy atom. The molecular weight excluding hydrogens is 320 g/mol. The van der Waals surface area contributed by atoms with E-state index in [4.69, 9.17) is 14.2 Å². The van der Waals surface area contributed by atoms with Gasteiger partial charge in [-0.15, -0.1) is 0 Å². The predicted octanol–water partition coefficient (Wildman–Crippen LogP) is 1.44. The van der Waals surface area contributed by atoms with Crippen LogP contribution in [0, 0.1) is 0 Å². The first-order valence-electron chi connectivity index (χ1n) is 9.01. The molecule has 2 N–H and O–H groups in total. The van der Waals surface area contributed by atoms with E-state index in [0.29, 0.717) is 19.2 Å². The van der Waals surface area contributed by atoms with Crippen LogP contribution in [0.2, 0.25) is 0 Å².